The number of rotatable bonds is 2. The van der Waals surface area contributed by atoms with Gasteiger partial charge < -0.3 is 5.32 Å². The van der Waals surface area contributed by atoms with Crippen molar-refractivity contribution in [2.45, 2.75) is 0 Å². The number of carbonyl (C=O) groups excluding carboxylic acids is 1. The summed E-state index contributed by atoms with van der Waals surface area (Å²) < 4.78 is 0. The SMILES string of the molecule is O=C(Nc1cc(Cl)c(Cl)cc1Cl)c1ccc(Cl)nc1. The first kappa shape index (κ1) is 14.4. The number of hydrogen-bond donors (Lipinski definition) is 1. The van der Waals surface area contributed by atoms with Gasteiger partial charge in [0.2, 0.25) is 0 Å². The van der Waals surface area contributed by atoms with Gasteiger partial charge in [-0.3, -0.25) is 4.79 Å². The molecule has 0 bridgehead atoms. The summed E-state index contributed by atoms with van der Waals surface area (Å²) in [6.07, 6.45) is 1.36. The number of anilines is 1. The third-order valence-electron chi connectivity index (χ3n) is 2.25. The fraction of sp³-hybridized carbons (Fsp3) is 0. The highest BCUT2D eigenvalue weighted by molar-refractivity contribution is 6.44. The zero-order valence-electron chi connectivity index (χ0n) is 9.25. The lowest BCUT2D eigenvalue weighted by atomic mass is 10.2. The number of carbonyl (C=O) groups is 1. The molecule has 1 aromatic carbocycles. The van der Waals surface area contributed by atoms with Gasteiger partial charge in [-0.25, -0.2) is 4.98 Å². The van der Waals surface area contributed by atoms with Crippen molar-refractivity contribution >= 4 is 58.0 Å². The van der Waals surface area contributed by atoms with Crippen molar-refractivity contribution in [2.75, 3.05) is 5.32 Å². The fourth-order valence-corrected chi connectivity index (χ4v) is 2.03. The van der Waals surface area contributed by atoms with E-state index in [4.69, 9.17) is 46.4 Å². The Bertz CT molecular complexity index is 628. The summed E-state index contributed by atoms with van der Waals surface area (Å²) >= 11 is 23.3. The van der Waals surface area contributed by atoms with Crippen LogP contribution in [-0.2, 0) is 0 Å². The fourth-order valence-electron chi connectivity index (χ4n) is 1.32. The number of halogens is 4. The van der Waals surface area contributed by atoms with Gasteiger partial charge in [0.25, 0.3) is 5.91 Å². The minimum absolute atomic E-state index is 0.296. The molecule has 1 N–H and O–H groups in total. The smallest absolute Gasteiger partial charge is 0.257 e. The van der Waals surface area contributed by atoms with Gasteiger partial charge in [0.1, 0.15) is 5.15 Å². The Morgan fingerprint density at radius 1 is 1.00 bits per heavy atom. The molecular weight excluding hydrogens is 330 g/mol. The Hall–Kier alpha value is -1.00. The van der Waals surface area contributed by atoms with Gasteiger partial charge >= 0.3 is 0 Å². The van der Waals surface area contributed by atoms with Crippen LogP contribution in [0.3, 0.4) is 0 Å². The number of nitrogens with one attached hydrogen (secondary N) is 1. The quantitative estimate of drug-likeness (QED) is 0.623. The zero-order chi connectivity index (χ0) is 14.0. The minimum Gasteiger partial charge on any atom is -0.321 e. The molecule has 98 valence electrons. The third-order valence-corrected chi connectivity index (χ3v) is 3.51. The van der Waals surface area contributed by atoms with Crippen molar-refractivity contribution in [2.24, 2.45) is 0 Å². The first-order valence-corrected chi connectivity index (χ1v) is 6.56. The second-order valence-corrected chi connectivity index (χ2v) is 5.18. The highest BCUT2D eigenvalue weighted by Crippen LogP contribution is 2.32. The van der Waals surface area contributed by atoms with Gasteiger partial charge in [-0.05, 0) is 24.3 Å². The molecule has 0 saturated carbocycles. The molecule has 0 fully saturated rings. The maximum Gasteiger partial charge on any atom is 0.257 e. The number of pyridine rings is 1. The molecule has 1 heterocycles. The third kappa shape index (κ3) is 3.51. The number of nitrogens with zero attached hydrogens (tertiary/aromatic N) is 1. The Kier molecular flexibility index (Phi) is 4.53. The molecule has 2 rings (SSSR count). The predicted molar refractivity (Wildman–Crippen MR) is 78.7 cm³/mol. The Balaban J connectivity index is 2.24. The maximum absolute atomic E-state index is 11.9. The van der Waals surface area contributed by atoms with E-state index in [1.54, 1.807) is 6.07 Å². The number of benzene rings is 1. The summed E-state index contributed by atoms with van der Waals surface area (Å²) in [6.45, 7) is 0. The largest absolute Gasteiger partial charge is 0.321 e. The number of aromatic nitrogens is 1. The Morgan fingerprint density at radius 3 is 2.32 bits per heavy atom. The van der Waals surface area contributed by atoms with E-state index < -0.39 is 0 Å². The average Bonchev–Trinajstić information content (AvgIpc) is 2.36. The second-order valence-electron chi connectivity index (χ2n) is 3.57. The summed E-state index contributed by atoms with van der Waals surface area (Å²) in [7, 11) is 0. The Labute approximate surface area is 129 Å². The summed E-state index contributed by atoms with van der Waals surface area (Å²) in [6, 6.07) is 6.01. The molecule has 0 aliphatic rings. The summed E-state index contributed by atoms with van der Waals surface area (Å²) in [5.41, 5.74) is 0.725. The van der Waals surface area contributed by atoms with Crippen molar-refractivity contribution in [3.8, 4) is 0 Å². The molecule has 0 unspecified atom stereocenters. The highest BCUT2D eigenvalue weighted by atomic mass is 35.5. The molecule has 0 aliphatic carbocycles. The summed E-state index contributed by atoms with van der Waals surface area (Å²) in [4.78, 5) is 15.8. The molecule has 0 spiro atoms. The zero-order valence-corrected chi connectivity index (χ0v) is 12.3. The van der Waals surface area contributed by atoms with Crippen molar-refractivity contribution in [1.82, 2.24) is 4.98 Å². The van der Waals surface area contributed by atoms with Crippen LogP contribution in [-0.4, -0.2) is 10.9 Å². The number of amides is 1. The van der Waals surface area contributed by atoms with E-state index in [2.05, 4.69) is 10.3 Å². The van der Waals surface area contributed by atoms with E-state index in [1.807, 2.05) is 0 Å². The molecule has 0 atom stereocenters. The molecule has 2 aromatic rings. The summed E-state index contributed by atoms with van der Waals surface area (Å²) in [5.74, 6) is -0.371. The van der Waals surface area contributed by atoms with Crippen LogP contribution < -0.4 is 5.32 Å². The van der Waals surface area contributed by atoms with Crippen molar-refractivity contribution in [3.63, 3.8) is 0 Å². The molecule has 7 heteroatoms. The van der Waals surface area contributed by atoms with Crippen LogP contribution in [0.2, 0.25) is 20.2 Å². The molecule has 19 heavy (non-hydrogen) atoms. The van der Waals surface area contributed by atoms with Crippen LogP contribution in [0, 0.1) is 0 Å². The lowest BCUT2D eigenvalue weighted by molar-refractivity contribution is 0.102. The van der Waals surface area contributed by atoms with Crippen LogP contribution in [0.4, 0.5) is 5.69 Å². The summed E-state index contributed by atoms with van der Waals surface area (Å²) in [5, 5.41) is 3.84. The van der Waals surface area contributed by atoms with Crippen LogP contribution in [0.1, 0.15) is 10.4 Å². The molecule has 1 aromatic heterocycles. The van der Waals surface area contributed by atoms with Crippen LogP contribution >= 0.6 is 46.4 Å². The molecule has 0 aliphatic heterocycles. The molecule has 0 radical (unpaired) electrons. The predicted octanol–water partition coefficient (Wildman–Crippen LogP) is 4.95. The van der Waals surface area contributed by atoms with E-state index in [9.17, 15) is 4.79 Å². The van der Waals surface area contributed by atoms with Crippen molar-refractivity contribution < 1.29 is 4.79 Å². The first-order chi connectivity index (χ1) is 8.97. The van der Waals surface area contributed by atoms with Crippen LogP contribution in [0.25, 0.3) is 0 Å². The molecule has 0 saturated heterocycles. The van der Waals surface area contributed by atoms with Crippen molar-refractivity contribution in [3.05, 3.63) is 56.2 Å². The van der Waals surface area contributed by atoms with Gasteiger partial charge in [0.05, 0.1) is 26.3 Å². The van der Waals surface area contributed by atoms with Gasteiger partial charge in [-0.1, -0.05) is 46.4 Å². The van der Waals surface area contributed by atoms with Crippen LogP contribution in [0.15, 0.2) is 30.5 Å². The highest BCUT2D eigenvalue weighted by Gasteiger charge is 2.11. The maximum atomic E-state index is 11.9. The van der Waals surface area contributed by atoms with E-state index in [-0.39, 0.29) is 5.91 Å². The lowest BCUT2D eigenvalue weighted by Crippen LogP contribution is -2.12. The van der Waals surface area contributed by atoms with E-state index >= 15 is 0 Å². The molecule has 3 nitrogen and oxygen atoms in total. The topological polar surface area (TPSA) is 42.0 Å². The molecule has 1 amide bonds. The van der Waals surface area contributed by atoms with Crippen molar-refractivity contribution in [1.29, 1.82) is 0 Å². The van der Waals surface area contributed by atoms with E-state index in [1.165, 1.54) is 24.4 Å². The van der Waals surface area contributed by atoms with E-state index in [0.717, 1.165) is 0 Å². The standard InChI is InChI=1S/C12H6Cl4N2O/c13-7-3-9(15)10(4-8(7)14)18-12(19)6-1-2-11(16)17-5-6/h1-5H,(H,18,19). The van der Waals surface area contributed by atoms with Gasteiger partial charge in [-0.2, -0.15) is 0 Å². The van der Waals surface area contributed by atoms with Gasteiger partial charge in [0.15, 0.2) is 0 Å². The Morgan fingerprint density at radius 2 is 1.68 bits per heavy atom. The van der Waals surface area contributed by atoms with Gasteiger partial charge in [0, 0.05) is 6.20 Å². The molecular formula is C12H6Cl4N2O. The van der Waals surface area contributed by atoms with Gasteiger partial charge in [-0.15, -0.1) is 0 Å². The monoisotopic (exact) mass is 334 g/mol. The minimum atomic E-state index is -0.371. The first-order valence-electron chi connectivity index (χ1n) is 5.05. The average molecular weight is 336 g/mol. The lowest BCUT2D eigenvalue weighted by Gasteiger charge is -2.08. The van der Waals surface area contributed by atoms with Crippen LogP contribution in [0.5, 0.6) is 0 Å². The van der Waals surface area contributed by atoms with E-state index in [0.29, 0.717) is 31.5 Å². The second kappa shape index (κ2) is 5.97. The number of hydrogen-bond acceptors (Lipinski definition) is 2. The normalized spacial score (nSPS) is 10.3.